The number of amides is 1. The average Bonchev–Trinajstić information content (AvgIpc) is 2.49. The fourth-order valence-electron chi connectivity index (χ4n) is 2.18. The van der Waals surface area contributed by atoms with Crippen LogP contribution in [0.2, 0.25) is 0 Å². The summed E-state index contributed by atoms with van der Waals surface area (Å²) in [4.78, 5) is 24.5. The number of Topliss-reactive ketones (excluding diaryl/α,β-unsaturated/α-hetero) is 1. The number of ether oxygens (including phenoxy) is 2. The molecule has 0 aromatic heterocycles. The molecule has 1 amide bonds. The van der Waals surface area contributed by atoms with E-state index in [9.17, 15) is 22.8 Å². The van der Waals surface area contributed by atoms with Gasteiger partial charge in [0.1, 0.15) is 18.0 Å². The summed E-state index contributed by atoms with van der Waals surface area (Å²) in [5, 5.41) is 0. The Morgan fingerprint density at radius 3 is 2.36 bits per heavy atom. The normalized spacial score (nSPS) is 11.4. The SMILES string of the molecule is COc1ccc(C(C)=O)c(OCC(=O)N(CC(C)C)CC(F)(F)F)c1. The first-order valence-corrected chi connectivity index (χ1v) is 7.69. The van der Waals surface area contributed by atoms with Crippen molar-refractivity contribution in [1.29, 1.82) is 0 Å². The molecule has 1 aromatic rings. The number of ketones is 1. The van der Waals surface area contributed by atoms with Crippen LogP contribution >= 0.6 is 0 Å². The average molecular weight is 361 g/mol. The van der Waals surface area contributed by atoms with E-state index in [-0.39, 0.29) is 29.6 Å². The first-order valence-electron chi connectivity index (χ1n) is 7.69. The minimum absolute atomic E-state index is 0.0423. The third-order valence-corrected chi connectivity index (χ3v) is 3.23. The topological polar surface area (TPSA) is 55.8 Å². The molecule has 0 aliphatic heterocycles. The van der Waals surface area contributed by atoms with Gasteiger partial charge in [-0.3, -0.25) is 9.59 Å². The van der Waals surface area contributed by atoms with Gasteiger partial charge < -0.3 is 14.4 Å². The molecule has 0 saturated heterocycles. The lowest BCUT2D eigenvalue weighted by molar-refractivity contribution is -0.163. The molecule has 0 aliphatic carbocycles. The summed E-state index contributed by atoms with van der Waals surface area (Å²) in [6.45, 7) is 2.77. The number of hydrogen-bond acceptors (Lipinski definition) is 4. The van der Waals surface area contributed by atoms with Crippen molar-refractivity contribution >= 4 is 11.7 Å². The summed E-state index contributed by atoms with van der Waals surface area (Å²) in [5.41, 5.74) is 0.222. The van der Waals surface area contributed by atoms with Crippen molar-refractivity contribution in [1.82, 2.24) is 4.90 Å². The predicted octanol–water partition coefficient (Wildman–Crippen LogP) is 3.32. The molecule has 0 atom stereocenters. The number of nitrogens with zero attached hydrogens (tertiary/aromatic N) is 1. The van der Waals surface area contributed by atoms with Gasteiger partial charge in [0.15, 0.2) is 12.4 Å². The van der Waals surface area contributed by atoms with E-state index in [4.69, 9.17) is 9.47 Å². The van der Waals surface area contributed by atoms with Crippen LogP contribution in [0, 0.1) is 5.92 Å². The Kier molecular flexibility index (Phi) is 7.26. The van der Waals surface area contributed by atoms with Gasteiger partial charge in [-0.25, -0.2) is 0 Å². The van der Waals surface area contributed by atoms with Gasteiger partial charge in [-0.05, 0) is 25.0 Å². The first-order chi connectivity index (χ1) is 11.5. The van der Waals surface area contributed by atoms with E-state index < -0.39 is 25.2 Å². The van der Waals surface area contributed by atoms with Crippen LogP contribution < -0.4 is 9.47 Å². The van der Waals surface area contributed by atoms with Crippen LogP contribution in [0.3, 0.4) is 0 Å². The number of halogens is 3. The molecule has 1 rings (SSSR count). The highest BCUT2D eigenvalue weighted by molar-refractivity contribution is 5.97. The standard InChI is InChI=1S/C17H22F3NO4/c1-11(2)8-21(10-17(18,19)20)16(23)9-25-15-7-13(24-4)5-6-14(15)12(3)22/h5-7,11H,8-10H2,1-4H3. The largest absolute Gasteiger partial charge is 0.497 e. The highest BCUT2D eigenvalue weighted by Gasteiger charge is 2.33. The van der Waals surface area contributed by atoms with Gasteiger partial charge in [0.25, 0.3) is 5.91 Å². The van der Waals surface area contributed by atoms with Gasteiger partial charge in [-0.15, -0.1) is 0 Å². The van der Waals surface area contributed by atoms with Crippen molar-refractivity contribution in [2.75, 3.05) is 26.8 Å². The lowest BCUT2D eigenvalue weighted by Gasteiger charge is -2.25. The van der Waals surface area contributed by atoms with E-state index in [0.717, 1.165) is 0 Å². The molecule has 0 radical (unpaired) electrons. The van der Waals surface area contributed by atoms with E-state index in [1.165, 1.54) is 26.2 Å². The maximum Gasteiger partial charge on any atom is 0.406 e. The number of rotatable bonds is 8. The van der Waals surface area contributed by atoms with Gasteiger partial charge in [0, 0.05) is 12.6 Å². The van der Waals surface area contributed by atoms with Crippen LogP contribution in [0.4, 0.5) is 13.2 Å². The number of methoxy groups -OCH3 is 1. The van der Waals surface area contributed by atoms with E-state index in [0.29, 0.717) is 10.6 Å². The lowest BCUT2D eigenvalue weighted by atomic mass is 10.1. The minimum atomic E-state index is -4.49. The monoisotopic (exact) mass is 361 g/mol. The van der Waals surface area contributed by atoms with Crippen molar-refractivity contribution in [3.05, 3.63) is 23.8 Å². The zero-order valence-corrected chi connectivity index (χ0v) is 14.6. The van der Waals surface area contributed by atoms with Gasteiger partial charge in [-0.2, -0.15) is 13.2 Å². The Hall–Kier alpha value is -2.25. The van der Waals surface area contributed by atoms with Crippen molar-refractivity contribution in [2.45, 2.75) is 26.9 Å². The number of hydrogen-bond donors (Lipinski definition) is 0. The van der Waals surface area contributed by atoms with Crippen molar-refractivity contribution in [3.8, 4) is 11.5 Å². The molecule has 0 aliphatic rings. The Bertz CT molecular complexity index is 614. The molecule has 0 saturated carbocycles. The molecule has 8 heteroatoms. The Labute approximate surface area is 144 Å². The molecule has 25 heavy (non-hydrogen) atoms. The second kappa shape index (κ2) is 8.73. The number of benzene rings is 1. The molecule has 5 nitrogen and oxygen atoms in total. The van der Waals surface area contributed by atoms with Crippen LogP contribution in [0.15, 0.2) is 18.2 Å². The molecule has 0 spiro atoms. The molecule has 0 N–H and O–H groups in total. The van der Waals surface area contributed by atoms with Crippen molar-refractivity contribution < 1.29 is 32.2 Å². The van der Waals surface area contributed by atoms with Gasteiger partial charge in [0.05, 0.1) is 12.7 Å². The molecule has 0 unspecified atom stereocenters. The van der Waals surface area contributed by atoms with E-state index in [2.05, 4.69) is 0 Å². The first kappa shape index (κ1) is 20.8. The summed E-state index contributed by atoms with van der Waals surface area (Å²) in [6.07, 6.45) is -4.49. The van der Waals surface area contributed by atoms with Crippen LogP contribution in [0.5, 0.6) is 11.5 Å². The molecule has 0 bridgehead atoms. The van der Waals surface area contributed by atoms with Crippen LogP contribution in [0.1, 0.15) is 31.1 Å². The molecular formula is C17H22F3NO4. The number of alkyl halides is 3. The maximum absolute atomic E-state index is 12.7. The maximum atomic E-state index is 12.7. The van der Waals surface area contributed by atoms with Crippen LogP contribution in [0.25, 0.3) is 0 Å². The fraction of sp³-hybridized carbons (Fsp3) is 0.529. The van der Waals surface area contributed by atoms with E-state index >= 15 is 0 Å². The van der Waals surface area contributed by atoms with Crippen molar-refractivity contribution in [3.63, 3.8) is 0 Å². The summed E-state index contributed by atoms with van der Waals surface area (Å²) in [6, 6.07) is 4.45. The highest BCUT2D eigenvalue weighted by Crippen LogP contribution is 2.25. The van der Waals surface area contributed by atoms with Crippen molar-refractivity contribution in [2.24, 2.45) is 5.92 Å². The van der Waals surface area contributed by atoms with Crippen LogP contribution in [-0.2, 0) is 4.79 Å². The Morgan fingerprint density at radius 1 is 1.24 bits per heavy atom. The highest BCUT2D eigenvalue weighted by atomic mass is 19.4. The molecule has 0 fully saturated rings. The van der Waals surface area contributed by atoms with Crippen LogP contribution in [-0.4, -0.2) is 49.6 Å². The third-order valence-electron chi connectivity index (χ3n) is 3.23. The molecule has 0 heterocycles. The van der Waals surface area contributed by atoms with Gasteiger partial charge >= 0.3 is 6.18 Å². The summed E-state index contributed by atoms with van der Waals surface area (Å²) >= 11 is 0. The van der Waals surface area contributed by atoms with Gasteiger partial charge in [0.2, 0.25) is 0 Å². The summed E-state index contributed by atoms with van der Waals surface area (Å²) in [5.74, 6) is -0.725. The summed E-state index contributed by atoms with van der Waals surface area (Å²) in [7, 11) is 1.42. The minimum Gasteiger partial charge on any atom is -0.497 e. The molecular weight excluding hydrogens is 339 g/mol. The molecule has 1 aromatic carbocycles. The number of carbonyl (C=O) groups is 2. The lowest BCUT2D eigenvalue weighted by Crippen LogP contribution is -2.43. The second-order valence-corrected chi connectivity index (χ2v) is 5.99. The Morgan fingerprint density at radius 2 is 1.88 bits per heavy atom. The zero-order valence-electron chi connectivity index (χ0n) is 14.6. The quantitative estimate of drug-likeness (QED) is 0.667. The fourth-order valence-corrected chi connectivity index (χ4v) is 2.18. The van der Waals surface area contributed by atoms with E-state index in [1.807, 2.05) is 0 Å². The summed E-state index contributed by atoms with van der Waals surface area (Å²) < 4.78 is 48.3. The molecule has 140 valence electrons. The third kappa shape index (κ3) is 7.03. The predicted molar refractivity (Wildman–Crippen MR) is 86.0 cm³/mol. The van der Waals surface area contributed by atoms with Gasteiger partial charge in [-0.1, -0.05) is 13.8 Å². The second-order valence-electron chi connectivity index (χ2n) is 5.99. The van der Waals surface area contributed by atoms with E-state index in [1.54, 1.807) is 19.9 Å². The number of carbonyl (C=O) groups excluding carboxylic acids is 2. The Balaban J connectivity index is 2.89. The smallest absolute Gasteiger partial charge is 0.406 e. The zero-order chi connectivity index (χ0) is 19.2.